The molecular weight excluding hydrogens is 361 g/mol. The van der Waals surface area contributed by atoms with E-state index < -0.39 is 24.9 Å². The van der Waals surface area contributed by atoms with Crippen molar-refractivity contribution in [3.63, 3.8) is 0 Å². The lowest BCUT2D eigenvalue weighted by Crippen LogP contribution is -2.41. The molecule has 0 aliphatic heterocycles. The number of rotatable bonds is 8. The number of carbonyl (C=O) groups excluding carboxylic acids is 1. The second-order valence-electron chi connectivity index (χ2n) is 5.21. The number of benzene rings is 1. The highest BCUT2D eigenvalue weighted by atomic mass is 35.5. The van der Waals surface area contributed by atoms with Gasteiger partial charge in [-0.25, -0.2) is 13.2 Å². The summed E-state index contributed by atoms with van der Waals surface area (Å²) in [5, 5.41) is 5.90. The Morgan fingerprint density at radius 1 is 1.28 bits per heavy atom. The summed E-state index contributed by atoms with van der Waals surface area (Å²) in [4.78, 5) is 15.6. The third-order valence-corrected chi connectivity index (χ3v) is 3.21. The van der Waals surface area contributed by atoms with Gasteiger partial charge in [0.2, 0.25) is 17.6 Å². The fourth-order valence-electron chi connectivity index (χ4n) is 1.86. The van der Waals surface area contributed by atoms with E-state index in [-0.39, 0.29) is 24.6 Å². The van der Waals surface area contributed by atoms with Gasteiger partial charge in [-0.3, -0.25) is 4.79 Å². The van der Waals surface area contributed by atoms with Gasteiger partial charge in [-0.05, 0) is 30.7 Å². The monoisotopic (exact) mass is 378 g/mol. The van der Waals surface area contributed by atoms with E-state index in [4.69, 9.17) is 10.3 Å². The van der Waals surface area contributed by atoms with Gasteiger partial charge in [0.25, 0.3) is 5.92 Å². The van der Waals surface area contributed by atoms with E-state index in [1.54, 1.807) is 0 Å². The molecule has 2 rings (SSSR count). The summed E-state index contributed by atoms with van der Waals surface area (Å²) >= 11 is 0. The van der Waals surface area contributed by atoms with Crippen LogP contribution in [0.1, 0.15) is 18.7 Å². The smallest absolute Gasteiger partial charge is 0.277 e. The highest BCUT2D eigenvalue weighted by Crippen LogP contribution is 2.17. The molecule has 0 unspecified atom stereocenters. The highest BCUT2D eigenvalue weighted by molar-refractivity contribution is 5.85. The van der Waals surface area contributed by atoms with Crippen molar-refractivity contribution in [3.8, 4) is 11.4 Å². The quantitative estimate of drug-likeness (QED) is 0.735. The minimum Gasteiger partial charge on any atom is -0.350 e. The number of aryl methyl sites for hydroxylation is 1. The van der Waals surface area contributed by atoms with Crippen LogP contribution in [0.4, 0.5) is 13.2 Å². The second kappa shape index (κ2) is 9.38. The average molecular weight is 379 g/mol. The Kier molecular flexibility index (Phi) is 7.85. The molecule has 0 atom stereocenters. The van der Waals surface area contributed by atoms with Gasteiger partial charge in [0.05, 0.1) is 13.1 Å². The van der Waals surface area contributed by atoms with Gasteiger partial charge in [0, 0.05) is 18.4 Å². The number of hydrogen-bond donors (Lipinski definition) is 2. The third kappa shape index (κ3) is 6.71. The molecule has 1 heterocycles. The molecule has 138 valence electrons. The van der Waals surface area contributed by atoms with Crippen LogP contribution in [0.2, 0.25) is 0 Å². The van der Waals surface area contributed by atoms with Crippen LogP contribution < -0.4 is 11.1 Å². The molecule has 3 N–H and O–H groups in total. The van der Waals surface area contributed by atoms with E-state index in [1.807, 2.05) is 0 Å². The zero-order valence-corrected chi connectivity index (χ0v) is 14.0. The van der Waals surface area contributed by atoms with Crippen molar-refractivity contribution >= 4 is 18.3 Å². The summed E-state index contributed by atoms with van der Waals surface area (Å²) in [6.45, 7) is -1.60. The maximum atomic E-state index is 12.9. The first-order valence-electron chi connectivity index (χ1n) is 7.33. The molecule has 0 saturated carbocycles. The van der Waals surface area contributed by atoms with Gasteiger partial charge in [0.15, 0.2) is 0 Å². The lowest BCUT2D eigenvalue weighted by atomic mass is 10.2. The van der Waals surface area contributed by atoms with E-state index in [0.717, 1.165) is 0 Å². The Labute approximate surface area is 148 Å². The van der Waals surface area contributed by atoms with Crippen molar-refractivity contribution in [3.05, 3.63) is 36.0 Å². The minimum atomic E-state index is -3.10. The second-order valence-corrected chi connectivity index (χ2v) is 5.21. The van der Waals surface area contributed by atoms with E-state index >= 15 is 0 Å². The Morgan fingerprint density at radius 2 is 1.96 bits per heavy atom. The predicted molar refractivity (Wildman–Crippen MR) is 86.9 cm³/mol. The first-order valence-corrected chi connectivity index (χ1v) is 7.33. The number of nitrogens with two attached hydrogens (primary N) is 1. The molecular formula is C15H18ClF3N4O2. The lowest BCUT2D eigenvalue weighted by Gasteiger charge is -2.14. The molecule has 25 heavy (non-hydrogen) atoms. The van der Waals surface area contributed by atoms with Crippen molar-refractivity contribution in [1.29, 1.82) is 0 Å². The van der Waals surface area contributed by atoms with Crippen LogP contribution in [0, 0.1) is 5.82 Å². The van der Waals surface area contributed by atoms with E-state index in [2.05, 4.69) is 15.5 Å². The summed E-state index contributed by atoms with van der Waals surface area (Å²) in [5.41, 5.74) is 5.48. The van der Waals surface area contributed by atoms with Crippen molar-refractivity contribution in [2.75, 3.05) is 13.1 Å². The molecule has 0 fully saturated rings. The molecule has 1 aromatic carbocycles. The zero-order valence-electron chi connectivity index (χ0n) is 13.2. The van der Waals surface area contributed by atoms with Gasteiger partial charge in [-0.2, -0.15) is 4.98 Å². The third-order valence-electron chi connectivity index (χ3n) is 3.21. The van der Waals surface area contributed by atoms with Crippen LogP contribution in [0.15, 0.2) is 28.8 Å². The highest BCUT2D eigenvalue weighted by Gasteiger charge is 2.26. The summed E-state index contributed by atoms with van der Waals surface area (Å²) in [6.07, 6.45) is 0.745. The summed E-state index contributed by atoms with van der Waals surface area (Å²) in [6, 6.07) is 5.61. The average Bonchev–Trinajstić information content (AvgIpc) is 3.03. The normalized spacial score (nSPS) is 11.0. The van der Waals surface area contributed by atoms with Crippen LogP contribution in [0.3, 0.4) is 0 Å². The van der Waals surface area contributed by atoms with E-state index in [9.17, 15) is 18.0 Å². The standard InChI is InChI=1S/C15H17F3N4O2.ClH/c16-11-6-4-10(5-7-11)14-21-13(24-22-14)3-1-2-12(23)20-9-15(17,18)8-19;/h4-7H,1-3,8-9,19H2,(H,20,23);1H. The van der Waals surface area contributed by atoms with Gasteiger partial charge in [-0.15, -0.1) is 12.4 Å². The topological polar surface area (TPSA) is 94.0 Å². The number of nitrogens with one attached hydrogen (secondary N) is 1. The molecule has 0 aliphatic carbocycles. The van der Waals surface area contributed by atoms with Gasteiger partial charge < -0.3 is 15.6 Å². The van der Waals surface area contributed by atoms with E-state index in [1.165, 1.54) is 24.3 Å². The van der Waals surface area contributed by atoms with Crippen molar-refractivity contribution < 1.29 is 22.5 Å². The fourth-order valence-corrected chi connectivity index (χ4v) is 1.86. The first kappa shape index (κ1) is 20.9. The number of halogens is 4. The molecule has 0 bridgehead atoms. The summed E-state index contributed by atoms with van der Waals surface area (Å²) in [5.74, 6) is -3.34. The van der Waals surface area contributed by atoms with Crippen molar-refractivity contribution in [1.82, 2.24) is 15.5 Å². The lowest BCUT2D eigenvalue weighted by molar-refractivity contribution is -0.123. The molecule has 2 aromatic rings. The van der Waals surface area contributed by atoms with Crippen LogP contribution in [0.5, 0.6) is 0 Å². The molecule has 0 spiro atoms. The summed E-state index contributed by atoms with van der Waals surface area (Å²) < 4.78 is 43.7. The largest absolute Gasteiger partial charge is 0.350 e. The van der Waals surface area contributed by atoms with E-state index in [0.29, 0.717) is 30.1 Å². The number of carbonyl (C=O) groups is 1. The Balaban J connectivity index is 0.00000312. The predicted octanol–water partition coefficient (Wildman–Crippen LogP) is 2.33. The molecule has 0 aliphatic rings. The minimum absolute atomic E-state index is 0. The van der Waals surface area contributed by atoms with Gasteiger partial charge in [0.1, 0.15) is 5.82 Å². The number of aromatic nitrogens is 2. The van der Waals surface area contributed by atoms with Crippen LogP contribution in [-0.2, 0) is 11.2 Å². The molecule has 10 heteroatoms. The van der Waals surface area contributed by atoms with Crippen molar-refractivity contribution in [2.24, 2.45) is 5.73 Å². The van der Waals surface area contributed by atoms with Gasteiger partial charge in [-0.1, -0.05) is 5.16 Å². The maximum absolute atomic E-state index is 12.9. The molecule has 0 saturated heterocycles. The maximum Gasteiger partial charge on any atom is 0.277 e. The molecule has 1 amide bonds. The zero-order chi connectivity index (χ0) is 17.6. The van der Waals surface area contributed by atoms with Crippen LogP contribution in [0.25, 0.3) is 11.4 Å². The fraction of sp³-hybridized carbons (Fsp3) is 0.400. The number of hydrogen-bond acceptors (Lipinski definition) is 5. The van der Waals surface area contributed by atoms with Crippen LogP contribution in [-0.4, -0.2) is 35.1 Å². The Bertz CT molecular complexity index is 680. The Hall–Kier alpha value is -2.13. The SMILES string of the molecule is Cl.NCC(F)(F)CNC(=O)CCCc1nc(-c2ccc(F)cc2)no1. The summed E-state index contributed by atoms with van der Waals surface area (Å²) in [7, 11) is 0. The number of amides is 1. The number of nitrogens with zero attached hydrogens (tertiary/aromatic N) is 2. The first-order chi connectivity index (χ1) is 11.4. The van der Waals surface area contributed by atoms with Crippen molar-refractivity contribution in [2.45, 2.75) is 25.2 Å². The van der Waals surface area contributed by atoms with Gasteiger partial charge >= 0.3 is 0 Å². The molecule has 1 aromatic heterocycles. The molecule has 0 radical (unpaired) electrons. The Morgan fingerprint density at radius 3 is 2.60 bits per heavy atom. The molecule has 6 nitrogen and oxygen atoms in total. The van der Waals surface area contributed by atoms with Crippen LogP contribution >= 0.6 is 12.4 Å². The number of alkyl halides is 2.